The Morgan fingerprint density at radius 1 is 1.24 bits per heavy atom. The van der Waals surface area contributed by atoms with E-state index in [9.17, 15) is 14.4 Å². The topological polar surface area (TPSA) is 108 Å². The second kappa shape index (κ2) is 8.25. The summed E-state index contributed by atoms with van der Waals surface area (Å²) in [5.41, 5.74) is 0.747. The number of nitrogens with one attached hydrogen (secondary N) is 2. The van der Waals surface area contributed by atoms with E-state index in [0.29, 0.717) is 10.6 Å². The molecule has 8 heteroatoms. The summed E-state index contributed by atoms with van der Waals surface area (Å²) in [6, 6.07) is 8.78. The first kappa shape index (κ1) is 18.4. The highest BCUT2D eigenvalue weighted by molar-refractivity contribution is 6.31. The van der Waals surface area contributed by atoms with Crippen molar-refractivity contribution in [3.8, 4) is 0 Å². The highest BCUT2D eigenvalue weighted by Crippen LogP contribution is 2.25. The van der Waals surface area contributed by atoms with E-state index < -0.39 is 17.9 Å². The molecule has 0 spiro atoms. The standard InChI is InChI=1S/C17H16ClN3O4/c1-10(22)20-15-8-11(6-7-19-15)17(25)21-14(9-16(23)24)12-4-2-3-5-13(12)18/h2-8,14H,9H2,1H3,(H,21,25)(H,23,24)(H,19,20,22). The minimum Gasteiger partial charge on any atom is -0.481 e. The number of carboxylic acid groups (broad SMARTS) is 1. The molecule has 130 valence electrons. The zero-order valence-electron chi connectivity index (χ0n) is 13.3. The predicted molar refractivity (Wildman–Crippen MR) is 92.5 cm³/mol. The summed E-state index contributed by atoms with van der Waals surface area (Å²) in [4.78, 5) is 38.6. The molecule has 2 rings (SSSR count). The van der Waals surface area contributed by atoms with E-state index >= 15 is 0 Å². The van der Waals surface area contributed by atoms with Gasteiger partial charge in [-0.3, -0.25) is 14.4 Å². The van der Waals surface area contributed by atoms with Gasteiger partial charge in [0.15, 0.2) is 0 Å². The van der Waals surface area contributed by atoms with Crippen molar-refractivity contribution >= 4 is 35.2 Å². The second-order valence-electron chi connectivity index (χ2n) is 5.26. The molecular formula is C17H16ClN3O4. The Morgan fingerprint density at radius 2 is 1.96 bits per heavy atom. The molecule has 1 aromatic heterocycles. The van der Waals surface area contributed by atoms with E-state index in [1.807, 2.05) is 0 Å². The van der Waals surface area contributed by atoms with Gasteiger partial charge in [-0.1, -0.05) is 29.8 Å². The van der Waals surface area contributed by atoms with Crippen LogP contribution in [0.5, 0.6) is 0 Å². The molecule has 3 N–H and O–H groups in total. The van der Waals surface area contributed by atoms with Gasteiger partial charge in [0.25, 0.3) is 5.91 Å². The van der Waals surface area contributed by atoms with Gasteiger partial charge in [0.05, 0.1) is 12.5 Å². The molecule has 2 aromatic rings. The molecule has 0 radical (unpaired) electrons. The fourth-order valence-corrected chi connectivity index (χ4v) is 2.50. The lowest BCUT2D eigenvalue weighted by molar-refractivity contribution is -0.137. The highest BCUT2D eigenvalue weighted by atomic mass is 35.5. The monoisotopic (exact) mass is 361 g/mol. The van der Waals surface area contributed by atoms with Gasteiger partial charge in [-0.15, -0.1) is 0 Å². The number of carbonyl (C=O) groups is 3. The van der Waals surface area contributed by atoms with E-state index in [0.717, 1.165) is 0 Å². The largest absolute Gasteiger partial charge is 0.481 e. The zero-order valence-corrected chi connectivity index (χ0v) is 14.1. The van der Waals surface area contributed by atoms with Crippen molar-refractivity contribution in [1.82, 2.24) is 10.3 Å². The molecule has 25 heavy (non-hydrogen) atoms. The number of benzene rings is 1. The Morgan fingerprint density at radius 3 is 2.60 bits per heavy atom. The molecule has 1 atom stereocenters. The minimum atomic E-state index is -1.07. The van der Waals surface area contributed by atoms with Crippen molar-refractivity contribution < 1.29 is 19.5 Å². The van der Waals surface area contributed by atoms with Gasteiger partial charge in [0, 0.05) is 23.7 Å². The molecule has 1 heterocycles. The first-order chi connectivity index (χ1) is 11.9. The number of aliphatic carboxylic acids is 1. The van der Waals surface area contributed by atoms with Crippen LogP contribution in [0.1, 0.15) is 35.3 Å². The normalized spacial score (nSPS) is 11.4. The van der Waals surface area contributed by atoms with Crippen LogP contribution in [0.25, 0.3) is 0 Å². The van der Waals surface area contributed by atoms with Crippen LogP contribution in [0.15, 0.2) is 42.6 Å². The Balaban J connectivity index is 2.24. The third-order valence-corrected chi connectivity index (χ3v) is 3.64. The first-order valence-corrected chi connectivity index (χ1v) is 7.75. The second-order valence-corrected chi connectivity index (χ2v) is 5.66. The van der Waals surface area contributed by atoms with E-state index in [1.165, 1.54) is 25.3 Å². The number of hydrogen-bond acceptors (Lipinski definition) is 4. The van der Waals surface area contributed by atoms with Crippen molar-refractivity contribution in [3.63, 3.8) is 0 Å². The van der Waals surface area contributed by atoms with Crippen LogP contribution >= 0.6 is 11.6 Å². The average Bonchev–Trinajstić information content (AvgIpc) is 2.54. The molecule has 1 aromatic carbocycles. The lowest BCUT2D eigenvalue weighted by Gasteiger charge is -2.19. The lowest BCUT2D eigenvalue weighted by atomic mass is 10.0. The molecule has 0 aliphatic heterocycles. The van der Waals surface area contributed by atoms with Gasteiger partial charge in [-0.2, -0.15) is 0 Å². The molecule has 2 amide bonds. The Bertz CT molecular complexity index is 810. The number of nitrogens with zero attached hydrogens (tertiary/aromatic N) is 1. The fourth-order valence-electron chi connectivity index (χ4n) is 2.23. The van der Waals surface area contributed by atoms with Crippen molar-refractivity contribution in [2.24, 2.45) is 0 Å². The predicted octanol–water partition coefficient (Wildman–Crippen LogP) is 2.64. The van der Waals surface area contributed by atoms with Crippen molar-refractivity contribution in [1.29, 1.82) is 0 Å². The molecule has 1 unspecified atom stereocenters. The quantitative estimate of drug-likeness (QED) is 0.733. The van der Waals surface area contributed by atoms with Crippen LogP contribution in [0, 0.1) is 0 Å². The molecule has 7 nitrogen and oxygen atoms in total. The highest BCUT2D eigenvalue weighted by Gasteiger charge is 2.21. The SMILES string of the molecule is CC(=O)Nc1cc(C(=O)NC(CC(=O)O)c2ccccc2Cl)ccn1. The lowest BCUT2D eigenvalue weighted by Crippen LogP contribution is -2.30. The summed E-state index contributed by atoms with van der Waals surface area (Å²) in [7, 11) is 0. The summed E-state index contributed by atoms with van der Waals surface area (Å²) >= 11 is 6.11. The van der Waals surface area contributed by atoms with Crippen LogP contribution in [-0.4, -0.2) is 27.9 Å². The molecule has 0 fully saturated rings. The van der Waals surface area contributed by atoms with Crippen molar-refractivity contribution in [2.45, 2.75) is 19.4 Å². The summed E-state index contributed by atoms with van der Waals surface area (Å²) in [5, 5.41) is 14.6. The number of rotatable bonds is 6. The molecule has 0 saturated carbocycles. The van der Waals surface area contributed by atoms with E-state index in [-0.39, 0.29) is 23.7 Å². The maximum absolute atomic E-state index is 12.5. The smallest absolute Gasteiger partial charge is 0.305 e. The molecule has 0 aliphatic carbocycles. The molecule has 0 saturated heterocycles. The number of carboxylic acids is 1. The van der Waals surface area contributed by atoms with Crippen LogP contribution in [0.4, 0.5) is 5.82 Å². The summed E-state index contributed by atoms with van der Waals surface area (Å²) in [6.07, 6.45) is 1.06. The maximum atomic E-state index is 12.5. The van der Waals surface area contributed by atoms with Gasteiger partial charge in [0.2, 0.25) is 5.91 Å². The third kappa shape index (κ3) is 5.29. The van der Waals surface area contributed by atoms with Gasteiger partial charge in [0.1, 0.15) is 5.82 Å². The van der Waals surface area contributed by atoms with Gasteiger partial charge < -0.3 is 15.7 Å². The number of halogens is 1. The van der Waals surface area contributed by atoms with E-state index in [2.05, 4.69) is 15.6 Å². The van der Waals surface area contributed by atoms with Gasteiger partial charge >= 0.3 is 5.97 Å². The number of pyridine rings is 1. The molecule has 0 aliphatic rings. The van der Waals surface area contributed by atoms with Crippen LogP contribution in [0.3, 0.4) is 0 Å². The van der Waals surface area contributed by atoms with Gasteiger partial charge in [-0.25, -0.2) is 4.98 Å². The summed E-state index contributed by atoms with van der Waals surface area (Å²) in [5.74, 6) is -1.66. The number of carbonyl (C=O) groups excluding carboxylic acids is 2. The number of aromatic nitrogens is 1. The van der Waals surface area contributed by atoms with Crippen molar-refractivity contribution in [3.05, 3.63) is 58.7 Å². The van der Waals surface area contributed by atoms with Crippen LogP contribution in [0.2, 0.25) is 5.02 Å². The number of amides is 2. The Hall–Kier alpha value is -2.93. The number of hydrogen-bond donors (Lipinski definition) is 3. The van der Waals surface area contributed by atoms with Crippen LogP contribution < -0.4 is 10.6 Å². The fraction of sp³-hybridized carbons (Fsp3) is 0.176. The average molecular weight is 362 g/mol. The summed E-state index contributed by atoms with van der Waals surface area (Å²) < 4.78 is 0. The van der Waals surface area contributed by atoms with Crippen molar-refractivity contribution in [2.75, 3.05) is 5.32 Å². The first-order valence-electron chi connectivity index (χ1n) is 7.37. The Kier molecular flexibility index (Phi) is 6.08. The maximum Gasteiger partial charge on any atom is 0.305 e. The van der Waals surface area contributed by atoms with Crippen LogP contribution in [-0.2, 0) is 9.59 Å². The third-order valence-electron chi connectivity index (χ3n) is 3.29. The van der Waals surface area contributed by atoms with Gasteiger partial charge in [-0.05, 0) is 23.8 Å². The summed E-state index contributed by atoms with van der Waals surface area (Å²) in [6.45, 7) is 1.33. The zero-order chi connectivity index (χ0) is 18.4. The molecule has 0 bridgehead atoms. The Labute approximate surface area is 149 Å². The molecular weight excluding hydrogens is 346 g/mol. The minimum absolute atomic E-state index is 0.229. The number of anilines is 1. The van der Waals surface area contributed by atoms with E-state index in [1.54, 1.807) is 24.3 Å². The van der Waals surface area contributed by atoms with E-state index in [4.69, 9.17) is 16.7 Å².